The van der Waals surface area contributed by atoms with Gasteiger partial charge in [0.15, 0.2) is 6.10 Å². The van der Waals surface area contributed by atoms with Gasteiger partial charge in [0.2, 0.25) is 10.0 Å². The molecule has 2 aromatic rings. The maximum atomic E-state index is 12.0. The van der Waals surface area contributed by atoms with Gasteiger partial charge in [-0.15, -0.1) is 11.3 Å². The summed E-state index contributed by atoms with van der Waals surface area (Å²) < 4.78 is 27.6. The number of amides is 1. The van der Waals surface area contributed by atoms with Crippen molar-refractivity contribution >= 4 is 33.2 Å². The summed E-state index contributed by atoms with van der Waals surface area (Å²) in [6.07, 6.45) is -0.407. The number of sulfonamides is 1. The molecular weight excluding hydrogens is 376 g/mol. The zero-order chi connectivity index (χ0) is 19.3. The molecule has 0 aliphatic carbocycles. The lowest BCUT2D eigenvalue weighted by atomic mass is 10.1. The monoisotopic (exact) mass is 396 g/mol. The van der Waals surface area contributed by atoms with Crippen LogP contribution in [-0.4, -0.2) is 32.9 Å². The number of carbonyl (C=O) groups excluding carboxylic acids is 2. The fourth-order valence-corrected chi connectivity index (χ4v) is 3.49. The van der Waals surface area contributed by atoms with E-state index in [9.17, 15) is 18.0 Å². The summed E-state index contributed by atoms with van der Waals surface area (Å²) in [5, 5.41) is 9.51. The average molecular weight is 396 g/mol. The molecule has 2 rings (SSSR count). The highest BCUT2D eigenvalue weighted by atomic mass is 32.2. The topological polar surface area (TPSA) is 116 Å². The Bertz CT molecular complexity index is 888. The van der Waals surface area contributed by atoms with E-state index in [0.29, 0.717) is 17.8 Å². The number of primary sulfonamides is 1. The smallest absolute Gasteiger partial charge is 0.349 e. The van der Waals surface area contributed by atoms with E-state index < -0.39 is 28.0 Å². The number of benzene rings is 1. The summed E-state index contributed by atoms with van der Waals surface area (Å²) in [6, 6.07) is 7.91. The number of rotatable bonds is 7. The number of thiophene rings is 1. The van der Waals surface area contributed by atoms with Crippen LogP contribution in [0.1, 0.15) is 27.7 Å². The molecule has 26 heavy (non-hydrogen) atoms. The fraction of sp³-hybridized carbons (Fsp3) is 0.294. The summed E-state index contributed by atoms with van der Waals surface area (Å²) in [7, 11) is -3.72. The third-order valence-electron chi connectivity index (χ3n) is 3.67. The van der Waals surface area contributed by atoms with Gasteiger partial charge in [-0.3, -0.25) is 4.79 Å². The van der Waals surface area contributed by atoms with Crippen molar-refractivity contribution in [3.8, 4) is 0 Å². The van der Waals surface area contributed by atoms with Crippen molar-refractivity contribution in [1.82, 2.24) is 5.32 Å². The molecule has 1 aromatic carbocycles. The Morgan fingerprint density at radius 1 is 1.23 bits per heavy atom. The van der Waals surface area contributed by atoms with Crippen LogP contribution in [-0.2, 0) is 26.0 Å². The Kier molecular flexibility index (Phi) is 6.52. The second-order valence-corrected chi connectivity index (χ2v) is 8.19. The second kappa shape index (κ2) is 8.43. The largest absolute Gasteiger partial charge is 0.448 e. The van der Waals surface area contributed by atoms with Gasteiger partial charge in [-0.1, -0.05) is 12.1 Å². The first-order chi connectivity index (χ1) is 12.2. The molecule has 0 fully saturated rings. The Hall–Kier alpha value is -2.23. The first-order valence-electron chi connectivity index (χ1n) is 7.83. The zero-order valence-corrected chi connectivity index (χ0v) is 16.0. The van der Waals surface area contributed by atoms with Crippen molar-refractivity contribution < 1.29 is 22.7 Å². The second-order valence-electron chi connectivity index (χ2n) is 5.71. The van der Waals surface area contributed by atoms with E-state index in [4.69, 9.17) is 9.88 Å². The summed E-state index contributed by atoms with van der Waals surface area (Å²) in [5.41, 5.74) is 1.66. The van der Waals surface area contributed by atoms with Gasteiger partial charge in [-0.05, 0) is 55.0 Å². The lowest BCUT2D eigenvalue weighted by molar-refractivity contribution is -0.129. The maximum absolute atomic E-state index is 12.0. The van der Waals surface area contributed by atoms with Gasteiger partial charge in [0.05, 0.1) is 4.90 Å². The molecule has 1 aromatic heterocycles. The molecule has 1 unspecified atom stereocenters. The van der Waals surface area contributed by atoms with Crippen LogP contribution >= 0.6 is 11.3 Å². The number of hydrogen-bond donors (Lipinski definition) is 2. The summed E-state index contributed by atoms with van der Waals surface area (Å²) in [5.74, 6) is -0.910. The van der Waals surface area contributed by atoms with E-state index in [1.54, 1.807) is 24.4 Å². The minimum Gasteiger partial charge on any atom is -0.448 e. The van der Waals surface area contributed by atoms with E-state index in [2.05, 4.69) is 5.32 Å². The van der Waals surface area contributed by atoms with Crippen LogP contribution in [0.2, 0.25) is 0 Å². The SMILES string of the molecule is Cc1ccsc1C(=O)OC(C)C(=O)NCCc1ccc(S(N)(=O)=O)cc1. The molecule has 0 radical (unpaired) electrons. The van der Waals surface area contributed by atoms with E-state index in [-0.39, 0.29) is 4.90 Å². The molecule has 0 bridgehead atoms. The highest BCUT2D eigenvalue weighted by Crippen LogP contribution is 2.17. The Labute approximate surface area is 156 Å². The standard InChI is InChI=1S/C17H20N2O5S2/c1-11-8-10-25-15(11)17(21)24-12(2)16(20)19-9-7-13-3-5-14(6-4-13)26(18,22)23/h3-6,8,10,12H,7,9H2,1-2H3,(H,19,20)(H2,18,22,23). The first-order valence-corrected chi connectivity index (χ1v) is 10.3. The van der Waals surface area contributed by atoms with Gasteiger partial charge in [0, 0.05) is 6.54 Å². The quantitative estimate of drug-likeness (QED) is 0.690. The van der Waals surface area contributed by atoms with Crippen LogP contribution in [0, 0.1) is 6.92 Å². The number of carbonyl (C=O) groups is 2. The van der Waals surface area contributed by atoms with Gasteiger partial charge in [-0.25, -0.2) is 18.4 Å². The van der Waals surface area contributed by atoms with Crippen molar-refractivity contribution in [3.63, 3.8) is 0 Å². The third kappa shape index (κ3) is 5.38. The number of esters is 1. The van der Waals surface area contributed by atoms with Gasteiger partial charge >= 0.3 is 5.97 Å². The molecule has 7 nitrogen and oxygen atoms in total. The van der Waals surface area contributed by atoms with Crippen LogP contribution in [0.15, 0.2) is 40.6 Å². The predicted octanol–water partition coefficient (Wildman–Crippen LogP) is 1.61. The summed E-state index contributed by atoms with van der Waals surface area (Å²) in [6.45, 7) is 3.64. The van der Waals surface area contributed by atoms with E-state index in [0.717, 1.165) is 11.1 Å². The molecule has 0 aliphatic rings. The number of nitrogens with two attached hydrogens (primary N) is 1. The number of hydrogen-bond acceptors (Lipinski definition) is 6. The van der Waals surface area contributed by atoms with Crippen molar-refractivity contribution in [2.45, 2.75) is 31.3 Å². The number of ether oxygens (including phenoxy) is 1. The normalized spacial score (nSPS) is 12.4. The predicted molar refractivity (Wildman–Crippen MR) is 98.5 cm³/mol. The van der Waals surface area contributed by atoms with Gasteiger partial charge in [0.25, 0.3) is 5.91 Å². The average Bonchev–Trinajstić information content (AvgIpc) is 3.00. The molecule has 9 heteroatoms. The Morgan fingerprint density at radius 3 is 2.42 bits per heavy atom. The molecule has 1 amide bonds. The van der Waals surface area contributed by atoms with Gasteiger partial charge in [0.1, 0.15) is 4.88 Å². The molecular formula is C17H20N2O5S2. The van der Waals surface area contributed by atoms with Crippen molar-refractivity contribution in [2.75, 3.05) is 6.54 Å². The van der Waals surface area contributed by atoms with Crippen molar-refractivity contribution in [3.05, 3.63) is 51.7 Å². The zero-order valence-electron chi connectivity index (χ0n) is 14.4. The highest BCUT2D eigenvalue weighted by molar-refractivity contribution is 7.89. The van der Waals surface area contributed by atoms with E-state index >= 15 is 0 Å². The lowest BCUT2D eigenvalue weighted by Crippen LogP contribution is -2.36. The Balaban J connectivity index is 1.81. The molecule has 0 spiro atoms. The minimum absolute atomic E-state index is 0.0368. The molecule has 0 saturated heterocycles. The minimum atomic E-state index is -3.72. The van der Waals surface area contributed by atoms with Gasteiger partial charge in [-0.2, -0.15) is 0 Å². The van der Waals surface area contributed by atoms with Crippen LogP contribution in [0.25, 0.3) is 0 Å². The van der Waals surface area contributed by atoms with E-state index in [1.165, 1.54) is 30.4 Å². The molecule has 0 saturated carbocycles. The van der Waals surface area contributed by atoms with Crippen LogP contribution in [0.3, 0.4) is 0 Å². The lowest BCUT2D eigenvalue weighted by Gasteiger charge is -2.13. The molecule has 0 aliphatic heterocycles. The number of aryl methyl sites for hydroxylation is 1. The van der Waals surface area contributed by atoms with Crippen LogP contribution < -0.4 is 10.5 Å². The van der Waals surface area contributed by atoms with Crippen molar-refractivity contribution in [1.29, 1.82) is 0 Å². The first kappa shape index (κ1) is 20.1. The molecule has 1 atom stereocenters. The van der Waals surface area contributed by atoms with E-state index in [1.807, 2.05) is 6.07 Å². The number of nitrogens with one attached hydrogen (secondary N) is 1. The molecule has 1 heterocycles. The Morgan fingerprint density at radius 2 is 1.88 bits per heavy atom. The van der Waals surface area contributed by atoms with Crippen molar-refractivity contribution in [2.24, 2.45) is 5.14 Å². The van der Waals surface area contributed by atoms with Crippen LogP contribution in [0.4, 0.5) is 0 Å². The molecule has 3 N–H and O–H groups in total. The van der Waals surface area contributed by atoms with Crippen LogP contribution in [0.5, 0.6) is 0 Å². The summed E-state index contributed by atoms with van der Waals surface area (Å²) >= 11 is 1.27. The molecule has 140 valence electrons. The fourth-order valence-electron chi connectivity index (χ4n) is 2.17. The third-order valence-corrected chi connectivity index (χ3v) is 5.59. The summed E-state index contributed by atoms with van der Waals surface area (Å²) in [4.78, 5) is 24.5. The highest BCUT2D eigenvalue weighted by Gasteiger charge is 2.20. The van der Waals surface area contributed by atoms with Gasteiger partial charge < -0.3 is 10.1 Å². The maximum Gasteiger partial charge on any atom is 0.349 e.